The van der Waals surface area contributed by atoms with Crippen molar-refractivity contribution in [2.24, 2.45) is 0 Å². The summed E-state index contributed by atoms with van der Waals surface area (Å²) in [6.07, 6.45) is 1.80. The van der Waals surface area contributed by atoms with Crippen molar-refractivity contribution in [1.82, 2.24) is 9.38 Å². The van der Waals surface area contributed by atoms with Crippen molar-refractivity contribution in [3.05, 3.63) is 53.0 Å². The minimum atomic E-state index is -0.266. The van der Waals surface area contributed by atoms with Crippen LogP contribution in [0.15, 0.2) is 47.2 Å². The number of halogens is 2. The van der Waals surface area contributed by atoms with Crippen LogP contribution in [0, 0.1) is 5.82 Å². The third-order valence-corrected chi connectivity index (χ3v) is 3.30. The lowest BCUT2D eigenvalue weighted by atomic mass is 10.2. The van der Waals surface area contributed by atoms with Crippen molar-refractivity contribution in [3.63, 3.8) is 0 Å². The van der Waals surface area contributed by atoms with E-state index in [1.54, 1.807) is 18.3 Å². The summed E-state index contributed by atoms with van der Waals surface area (Å²) in [5.41, 5.74) is 8.18. The van der Waals surface area contributed by atoms with Crippen molar-refractivity contribution in [2.75, 3.05) is 5.73 Å². The zero-order chi connectivity index (χ0) is 12.7. The van der Waals surface area contributed by atoms with Gasteiger partial charge in [0.1, 0.15) is 16.2 Å². The molecule has 5 heteroatoms. The predicted octanol–water partition coefficient (Wildman–Crippen LogP) is 3.49. The molecule has 2 aromatic heterocycles. The van der Waals surface area contributed by atoms with E-state index in [-0.39, 0.29) is 5.82 Å². The Morgan fingerprint density at radius 2 is 1.83 bits per heavy atom. The Bertz CT molecular complexity index is 719. The largest absolute Gasteiger partial charge is 0.398 e. The molecule has 0 aliphatic heterocycles. The van der Waals surface area contributed by atoms with Gasteiger partial charge in [-0.05, 0) is 52.3 Å². The molecular formula is C13H9BrFN3. The Labute approximate surface area is 111 Å². The Morgan fingerprint density at radius 3 is 2.56 bits per heavy atom. The minimum Gasteiger partial charge on any atom is -0.398 e. The molecule has 90 valence electrons. The second kappa shape index (κ2) is 4.10. The Morgan fingerprint density at radius 1 is 1.11 bits per heavy atom. The van der Waals surface area contributed by atoms with Gasteiger partial charge in [-0.2, -0.15) is 0 Å². The van der Waals surface area contributed by atoms with E-state index in [0.717, 1.165) is 21.5 Å². The standard InChI is InChI=1S/C13H9BrFN3/c14-12-11-6-5-10(16)7-18(11)13(17-12)8-1-3-9(15)4-2-8/h1-7H,16H2. The van der Waals surface area contributed by atoms with Gasteiger partial charge >= 0.3 is 0 Å². The first-order valence-corrected chi connectivity index (χ1v) is 6.13. The van der Waals surface area contributed by atoms with Gasteiger partial charge < -0.3 is 5.73 Å². The van der Waals surface area contributed by atoms with Gasteiger partial charge in [0.25, 0.3) is 0 Å². The van der Waals surface area contributed by atoms with Crippen LogP contribution in [0.25, 0.3) is 16.9 Å². The third kappa shape index (κ3) is 1.76. The highest BCUT2D eigenvalue weighted by Gasteiger charge is 2.10. The monoisotopic (exact) mass is 305 g/mol. The molecule has 3 nitrogen and oxygen atoms in total. The SMILES string of the molecule is Nc1ccc2c(Br)nc(-c3ccc(F)cc3)n2c1. The van der Waals surface area contributed by atoms with Gasteiger partial charge in [-0.15, -0.1) is 0 Å². The summed E-state index contributed by atoms with van der Waals surface area (Å²) < 4.78 is 15.5. The summed E-state index contributed by atoms with van der Waals surface area (Å²) in [7, 11) is 0. The quantitative estimate of drug-likeness (QED) is 0.748. The van der Waals surface area contributed by atoms with Crippen LogP contribution in [-0.4, -0.2) is 9.38 Å². The summed E-state index contributed by atoms with van der Waals surface area (Å²) in [4.78, 5) is 4.43. The molecular weight excluding hydrogens is 297 g/mol. The van der Waals surface area contributed by atoms with Gasteiger partial charge in [0.15, 0.2) is 0 Å². The van der Waals surface area contributed by atoms with E-state index in [9.17, 15) is 4.39 Å². The molecule has 0 bridgehead atoms. The van der Waals surface area contributed by atoms with E-state index in [0.29, 0.717) is 5.69 Å². The van der Waals surface area contributed by atoms with Gasteiger partial charge in [-0.1, -0.05) is 0 Å². The maximum atomic E-state index is 12.9. The first-order chi connectivity index (χ1) is 8.65. The van der Waals surface area contributed by atoms with Crippen molar-refractivity contribution in [2.45, 2.75) is 0 Å². The highest BCUT2D eigenvalue weighted by Crippen LogP contribution is 2.27. The number of nitrogens with zero attached hydrogens (tertiary/aromatic N) is 2. The minimum absolute atomic E-state index is 0.266. The van der Waals surface area contributed by atoms with E-state index >= 15 is 0 Å². The molecule has 0 unspecified atom stereocenters. The maximum absolute atomic E-state index is 12.9. The van der Waals surface area contributed by atoms with Gasteiger partial charge in [-0.3, -0.25) is 4.40 Å². The number of nitrogens with two attached hydrogens (primary N) is 1. The lowest BCUT2D eigenvalue weighted by Crippen LogP contribution is -1.92. The number of rotatable bonds is 1. The molecule has 0 radical (unpaired) electrons. The van der Waals surface area contributed by atoms with Crippen LogP contribution in [0.2, 0.25) is 0 Å². The van der Waals surface area contributed by atoms with Crippen LogP contribution in [0.1, 0.15) is 0 Å². The van der Waals surface area contributed by atoms with Crippen LogP contribution in [0.4, 0.5) is 10.1 Å². The van der Waals surface area contributed by atoms with E-state index in [2.05, 4.69) is 20.9 Å². The van der Waals surface area contributed by atoms with Gasteiger partial charge in [0.2, 0.25) is 0 Å². The molecule has 0 spiro atoms. The van der Waals surface area contributed by atoms with Crippen molar-refractivity contribution in [1.29, 1.82) is 0 Å². The molecule has 3 aromatic rings. The van der Waals surface area contributed by atoms with Gasteiger partial charge in [0, 0.05) is 17.4 Å². The predicted molar refractivity (Wildman–Crippen MR) is 72.7 cm³/mol. The van der Waals surface area contributed by atoms with Crippen LogP contribution in [-0.2, 0) is 0 Å². The number of aromatic nitrogens is 2. The summed E-state index contributed by atoms with van der Waals surface area (Å²) in [6, 6.07) is 9.92. The zero-order valence-electron chi connectivity index (χ0n) is 9.27. The fourth-order valence-electron chi connectivity index (χ4n) is 1.87. The Balaban J connectivity index is 2.28. The third-order valence-electron chi connectivity index (χ3n) is 2.72. The molecule has 0 fully saturated rings. The molecule has 0 aliphatic carbocycles. The normalized spacial score (nSPS) is 11.0. The number of benzene rings is 1. The number of fused-ring (bicyclic) bond motifs is 1. The smallest absolute Gasteiger partial charge is 0.145 e. The molecule has 0 saturated heterocycles. The van der Waals surface area contributed by atoms with Crippen molar-refractivity contribution in [3.8, 4) is 11.4 Å². The van der Waals surface area contributed by atoms with Crippen molar-refractivity contribution >= 4 is 27.1 Å². The molecule has 2 N–H and O–H groups in total. The molecule has 0 atom stereocenters. The number of nitrogen functional groups attached to an aromatic ring is 1. The fourth-order valence-corrected chi connectivity index (χ4v) is 2.36. The zero-order valence-corrected chi connectivity index (χ0v) is 10.9. The topological polar surface area (TPSA) is 43.3 Å². The molecule has 2 heterocycles. The Kier molecular flexibility index (Phi) is 2.56. The number of hydrogen-bond donors (Lipinski definition) is 1. The van der Waals surface area contributed by atoms with Gasteiger partial charge in [0.05, 0.1) is 5.52 Å². The van der Waals surface area contributed by atoms with Crippen LogP contribution < -0.4 is 5.73 Å². The first kappa shape index (κ1) is 11.2. The van der Waals surface area contributed by atoms with Gasteiger partial charge in [-0.25, -0.2) is 9.37 Å². The molecule has 0 saturated carbocycles. The van der Waals surface area contributed by atoms with E-state index in [1.165, 1.54) is 12.1 Å². The van der Waals surface area contributed by atoms with Crippen LogP contribution in [0.5, 0.6) is 0 Å². The van der Waals surface area contributed by atoms with Crippen LogP contribution in [0.3, 0.4) is 0 Å². The summed E-state index contributed by atoms with van der Waals surface area (Å²) in [5.74, 6) is 0.461. The maximum Gasteiger partial charge on any atom is 0.145 e. The second-order valence-electron chi connectivity index (χ2n) is 3.95. The molecule has 18 heavy (non-hydrogen) atoms. The lowest BCUT2D eigenvalue weighted by molar-refractivity contribution is 0.628. The molecule has 1 aromatic carbocycles. The van der Waals surface area contributed by atoms with Crippen molar-refractivity contribution < 1.29 is 4.39 Å². The first-order valence-electron chi connectivity index (χ1n) is 5.34. The van der Waals surface area contributed by atoms with Crippen LogP contribution >= 0.6 is 15.9 Å². The number of pyridine rings is 1. The molecule has 0 amide bonds. The van der Waals surface area contributed by atoms with E-state index < -0.39 is 0 Å². The lowest BCUT2D eigenvalue weighted by Gasteiger charge is -2.02. The highest BCUT2D eigenvalue weighted by atomic mass is 79.9. The highest BCUT2D eigenvalue weighted by molar-refractivity contribution is 9.10. The summed E-state index contributed by atoms with van der Waals surface area (Å²) >= 11 is 3.41. The number of anilines is 1. The average Bonchev–Trinajstić information content (AvgIpc) is 2.67. The fraction of sp³-hybridized carbons (Fsp3) is 0. The summed E-state index contributed by atoms with van der Waals surface area (Å²) in [5, 5.41) is 0. The number of imidazole rings is 1. The second-order valence-corrected chi connectivity index (χ2v) is 4.70. The average molecular weight is 306 g/mol. The molecule has 0 aliphatic rings. The Hall–Kier alpha value is -1.88. The van der Waals surface area contributed by atoms with E-state index in [4.69, 9.17) is 5.73 Å². The van der Waals surface area contributed by atoms with E-state index in [1.807, 2.05) is 16.5 Å². The number of hydrogen-bond acceptors (Lipinski definition) is 2. The molecule has 3 rings (SSSR count). The summed E-state index contributed by atoms with van der Waals surface area (Å²) in [6.45, 7) is 0.